The lowest BCUT2D eigenvalue weighted by Gasteiger charge is -2.24. The number of carbonyl (C=O) groups excluding carboxylic acids is 1. The van der Waals surface area contributed by atoms with Crippen molar-refractivity contribution in [3.05, 3.63) is 11.4 Å². The van der Waals surface area contributed by atoms with Crippen LogP contribution < -0.4 is 21.9 Å². The van der Waals surface area contributed by atoms with Crippen LogP contribution in [-0.2, 0) is 4.79 Å². The molecule has 0 unspecified atom stereocenters. The molecule has 0 atom stereocenters. The van der Waals surface area contributed by atoms with Gasteiger partial charge in [0.05, 0.1) is 6.54 Å². The van der Waals surface area contributed by atoms with Crippen LogP contribution in [-0.4, -0.2) is 29.0 Å². The number of anilines is 2. The maximum atomic E-state index is 11.1. The highest BCUT2D eigenvalue weighted by Crippen LogP contribution is 2.25. The first-order valence-electron chi connectivity index (χ1n) is 6.29. The van der Waals surface area contributed by atoms with Crippen molar-refractivity contribution in [1.29, 1.82) is 0 Å². The number of hydrogen-bond donors (Lipinski definition) is 3. The number of aromatic nitrogens is 2. The van der Waals surface area contributed by atoms with E-state index in [9.17, 15) is 4.79 Å². The quantitative estimate of drug-likeness (QED) is 0.511. The fourth-order valence-electron chi connectivity index (χ4n) is 1.75. The molecule has 0 fully saturated rings. The lowest BCUT2D eigenvalue weighted by atomic mass is 10.2. The summed E-state index contributed by atoms with van der Waals surface area (Å²) in [6.45, 7) is 8.55. The summed E-state index contributed by atoms with van der Waals surface area (Å²) < 4.78 is 0. The van der Waals surface area contributed by atoms with Crippen LogP contribution in [0, 0.1) is 6.92 Å². The van der Waals surface area contributed by atoms with E-state index in [-0.39, 0.29) is 12.5 Å². The van der Waals surface area contributed by atoms with Gasteiger partial charge in [-0.3, -0.25) is 4.79 Å². The molecule has 7 heteroatoms. The van der Waals surface area contributed by atoms with Crippen molar-refractivity contribution in [2.24, 2.45) is 11.6 Å². The minimum atomic E-state index is -0.395. The molecule has 106 valence electrons. The Morgan fingerprint density at radius 1 is 1.42 bits per heavy atom. The van der Waals surface area contributed by atoms with Crippen LogP contribution in [0.25, 0.3) is 0 Å². The number of nitrogens with one attached hydrogen (secondary N) is 1. The number of carbonyl (C=O) groups is 1. The molecular weight excluding hydrogens is 244 g/mol. The number of rotatable bonds is 6. The van der Waals surface area contributed by atoms with Gasteiger partial charge in [0.25, 0.3) is 0 Å². The molecule has 0 aliphatic carbocycles. The van der Waals surface area contributed by atoms with Gasteiger partial charge in [0.2, 0.25) is 5.91 Å². The molecule has 0 bridgehead atoms. The molecule has 0 saturated carbocycles. The Morgan fingerprint density at radius 2 is 2.05 bits per heavy atom. The van der Waals surface area contributed by atoms with Crippen molar-refractivity contribution in [3.63, 3.8) is 0 Å². The van der Waals surface area contributed by atoms with E-state index < -0.39 is 5.91 Å². The minimum Gasteiger partial charge on any atom is -0.368 e. The second-order valence-electron chi connectivity index (χ2n) is 4.66. The van der Waals surface area contributed by atoms with Gasteiger partial charge in [-0.05, 0) is 13.8 Å². The van der Waals surface area contributed by atoms with Crippen LogP contribution >= 0.6 is 0 Å². The van der Waals surface area contributed by atoms with Crippen LogP contribution in [0.1, 0.15) is 38.1 Å². The van der Waals surface area contributed by atoms with Crippen molar-refractivity contribution in [2.75, 3.05) is 23.4 Å². The molecule has 0 aromatic carbocycles. The molecule has 0 aliphatic heterocycles. The number of likely N-dealkylation sites (N-methyl/N-ethyl adjacent to an activating group) is 1. The van der Waals surface area contributed by atoms with E-state index in [1.807, 2.05) is 32.6 Å². The maximum Gasteiger partial charge on any atom is 0.236 e. The summed E-state index contributed by atoms with van der Waals surface area (Å²) in [5, 5.41) is 0. The Kier molecular flexibility index (Phi) is 5.05. The smallest absolute Gasteiger partial charge is 0.236 e. The van der Waals surface area contributed by atoms with E-state index in [1.165, 1.54) is 0 Å². The Hall–Kier alpha value is -1.89. The van der Waals surface area contributed by atoms with Crippen molar-refractivity contribution in [1.82, 2.24) is 9.97 Å². The second-order valence-corrected chi connectivity index (χ2v) is 4.66. The van der Waals surface area contributed by atoms with E-state index in [0.717, 1.165) is 5.56 Å². The summed E-state index contributed by atoms with van der Waals surface area (Å²) in [4.78, 5) is 21.8. The molecule has 7 nitrogen and oxygen atoms in total. The molecule has 1 aromatic rings. The summed E-state index contributed by atoms with van der Waals surface area (Å²) in [6.07, 6.45) is 0. The first-order chi connectivity index (χ1) is 8.90. The van der Waals surface area contributed by atoms with Gasteiger partial charge in [-0.1, -0.05) is 13.8 Å². The fourth-order valence-corrected chi connectivity index (χ4v) is 1.75. The molecule has 1 rings (SSSR count). The molecule has 19 heavy (non-hydrogen) atoms. The molecule has 1 amide bonds. The number of amides is 1. The summed E-state index contributed by atoms with van der Waals surface area (Å²) in [5.74, 6) is 7.18. The van der Waals surface area contributed by atoms with Crippen LogP contribution in [0.5, 0.6) is 0 Å². The van der Waals surface area contributed by atoms with Gasteiger partial charge < -0.3 is 16.1 Å². The lowest BCUT2D eigenvalue weighted by molar-refractivity contribution is -0.116. The minimum absolute atomic E-state index is 0.121. The topological polar surface area (TPSA) is 110 Å². The molecule has 1 heterocycles. The molecule has 0 spiro atoms. The first-order valence-corrected chi connectivity index (χ1v) is 6.29. The van der Waals surface area contributed by atoms with Crippen LogP contribution in [0.3, 0.4) is 0 Å². The molecule has 0 radical (unpaired) electrons. The van der Waals surface area contributed by atoms with E-state index in [4.69, 9.17) is 11.6 Å². The van der Waals surface area contributed by atoms with Gasteiger partial charge in [0.15, 0.2) is 0 Å². The normalized spacial score (nSPS) is 10.6. The van der Waals surface area contributed by atoms with E-state index in [1.54, 1.807) is 0 Å². The summed E-state index contributed by atoms with van der Waals surface area (Å²) in [7, 11) is 0. The van der Waals surface area contributed by atoms with Crippen molar-refractivity contribution in [3.8, 4) is 0 Å². The third-order valence-corrected chi connectivity index (χ3v) is 2.82. The Morgan fingerprint density at radius 3 is 2.47 bits per heavy atom. The van der Waals surface area contributed by atoms with Gasteiger partial charge in [-0.2, -0.15) is 0 Å². The Balaban J connectivity index is 3.30. The van der Waals surface area contributed by atoms with Crippen LogP contribution in [0.2, 0.25) is 0 Å². The van der Waals surface area contributed by atoms with Crippen molar-refractivity contribution in [2.45, 2.75) is 33.6 Å². The van der Waals surface area contributed by atoms with Gasteiger partial charge >= 0.3 is 0 Å². The molecule has 5 N–H and O–H groups in total. The third-order valence-electron chi connectivity index (χ3n) is 2.82. The largest absolute Gasteiger partial charge is 0.368 e. The predicted molar refractivity (Wildman–Crippen MR) is 75.7 cm³/mol. The standard InChI is InChI=1S/C12H22N6O/c1-5-18(6-9(13)19)12-8(4)11(17-14)15-10(16-12)7(2)3/h7H,5-6,14H2,1-4H3,(H2,13,19)(H,15,16,17). The zero-order valence-electron chi connectivity index (χ0n) is 11.9. The average molecular weight is 266 g/mol. The number of nitrogen functional groups attached to an aromatic ring is 1. The lowest BCUT2D eigenvalue weighted by Crippen LogP contribution is -2.35. The molecule has 1 aromatic heterocycles. The van der Waals surface area contributed by atoms with Gasteiger partial charge in [-0.25, -0.2) is 15.8 Å². The zero-order valence-corrected chi connectivity index (χ0v) is 11.9. The number of hydrazine groups is 1. The Bertz CT molecular complexity index is 460. The highest BCUT2D eigenvalue weighted by Gasteiger charge is 2.17. The highest BCUT2D eigenvalue weighted by atomic mass is 16.1. The molecule has 0 saturated heterocycles. The fraction of sp³-hybridized carbons (Fsp3) is 0.583. The third kappa shape index (κ3) is 3.54. The van der Waals surface area contributed by atoms with Gasteiger partial charge in [0.1, 0.15) is 17.5 Å². The average Bonchev–Trinajstić information content (AvgIpc) is 2.36. The first kappa shape index (κ1) is 15.2. The number of hydrogen-bond acceptors (Lipinski definition) is 6. The Labute approximate surface area is 113 Å². The van der Waals surface area contributed by atoms with E-state index in [2.05, 4.69) is 15.4 Å². The van der Waals surface area contributed by atoms with E-state index in [0.29, 0.717) is 24.0 Å². The number of primary amides is 1. The predicted octanol–water partition coefficient (Wildman–Crippen LogP) is 0.506. The van der Waals surface area contributed by atoms with Crippen LogP contribution in [0.4, 0.5) is 11.6 Å². The van der Waals surface area contributed by atoms with E-state index >= 15 is 0 Å². The van der Waals surface area contributed by atoms with Gasteiger partial charge in [0, 0.05) is 18.0 Å². The monoisotopic (exact) mass is 266 g/mol. The molecular formula is C12H22N6O. The SMILES string of the molecule is CCN(CC(N)=O)c1nc(C(C)C)nc(NN)c1C. The highest BCUT2D eigenvalue weighted by molar-refractivity contribution is 5.79. The summed E-state index contributed by atoms with van der Waals surface area (Å²) >= 11 is 0. The second kappa shape index (κ2) is 6.33. The van der Waals surface area contributed by atoms with Gasteiger partial charge in [-0.15, -0.1) is 0 Å². The zero-order chi connectivity index (χ0) is 14.6. The summed E-state index contributed by atoms with van der Waals surface area (Å²) in [5.41, 5.74) is 8.63. The van der Waals surface area contributed by atoms with Crippen molar-refractivity contribution >= 4 is 17.5 Å². The van der Waals surface area contributed by atoms with Crippen molar-refractivity contribution < 1.29 is 4.79 Å². The maximum absolute atomic E-state index is 11.1. The summed E-state index contributed by atoms with van der Waals surface area (Å²) in [6, 6.07) is 0. The molecule has 0 aliphatic rings. The van der Waals surface area contributed by atoms with Crippen LogP contribution in [0.15, 0.2) is 0 Å². The number of nitrogens with zero attached hydrogens (tertiary/aromatic N) is 3. The number of nitrogens with two attached hydrogens (primary N) is 2.